The average molecular weight is 229 g/mol. The lowest BCUT2D eigenvalue weighted by atomic mass is 10.1. The SMILES string of the molecule is CC1(C)C(N)C1c1nc(-c2ccccc2)no1. The van der Waals surface area contributed by atoms with Crippen molar-refractivity contribution < 1.29 is 4.52 Å². The summed E-state index contributed by atoms with van der Waals surface area (Å²) in [5.41, 5.74) is 7.03. The highest BCUT2D eigenvalue weighted by molar-refractivity contribution is 5.53. The summed E-state index contributed by atoms with van der Waals surface area (Å²) >= 11 is 0. The zero-order valence-corrected chi connectivity index (χ0v) is 9.92. The number of aromatic nitrogens is 2. The predicted molar refractivity (Wildman–Crippen MR) is 64.2 cm³/mol. The lowest BCUT2D eigenvalue weighted by molar-refractivity contribution is 0.368. The van der Waals surface area contributed by atoms with E-state index >= 15 is 0 Å². The largest absolute Gasteiger partial charge is 0.339 e. The van der Waals surface area contributed by atoms with Crippen molar-refractivity contribution in [1.29, 1.82) is 0 Å². The van der Waals surface area contributed by atoms with Crippen LogP contribution in [0.15, 0.2) is 34.9 Å². The van der Waals surface area contributed by atoms with Crippen LogP contribution in [0.3, 0.4) is 0 Å². The highest BCUT2D eigenvalue weighted by Crippen LogP contribution is 2.56. The summed E-state index contributed by atoms with van der Waals surface area (Å²) < 4.78 is 5.31. The van der Waals surface area contributed by atoms with Gasteiger partial charge in [-0.25, -0.2) is 0 Å². The smallest absolute Gasteiger partial charge is 0.232 e. The first-order valence-corrected chi connectivity index (χ1v) is 5.75. The summed E-state index contributed by atoms with van der Waals surface area (Å²) in [5.74, 6) is 1.48. The number of hydrogen-bond donors (Lipinski definition) is 1. The Balaban J connectivity index is 1.90. The maximum atomic E-state index is 6.00. The molecule has 1 heterocycles. The molecule has 2 N–H and O–H groups in total. The minimum Gasteiger partial charge on any atom is -0.339 e. The Morgan fingerprint density at radius 1 is 1.24 bits per heavy atom. The van der Waals surface area contributed by atoms with Gasteiger partial charge in [-0.15, -0.1) is 0 Å². The molecule has 88 valence electrons. The van der Waals surface area contributed by atoms with Gasteiger partial charge >= 0.3 is 0 Å². The van der Waals surface area contributed by atoms with Crippen LogP contribution in [-0.4, -0.2) is 16.2 Å². The Morgan fingerprint density at radius 2 is 1.88 bits per heavy atom. The Morgan fingerprint density at radius 3 is 2.47 bits per heavy atom. The molecule has 4 nitrogen and oxygen atoms in total. The zero-order valence-electron chi connectivity index (χ0n) is 9.92. The molecule has 0 saturated heterocycles. The predicted octanol–water partition coefficient (Wildman–Crippen LogP) is 2.19. The van der Waals surface area contributed by atoms with Crippen molar-refractivity contribution in [2.75, 3.05) is 0 Å². The monoisotopic (exact) mass is 229 g/mol. The molecular formula is C13H15N3O. The van der Waals surface area contributed by atoms with E-state index in [2.05, 4.69) is 24.0 Å². The maximum Gasteiger partial charge on any atom is 0.232 e. The second kappa shape index (κ2) is 3.40. The Kier molecular flexibility index (Phi) is 2.10. The van der Waals surface area contributed by atoms with Crippen LogP contribution in [-0.2, 0) is 0 Å². The third-order valence-electron chi connectivity index (χ3n) is 3.65. The molecular weight excluding hydrogens is 214 g/mol. The van der Waals surface area contributed by atoms with Gasteiger partial charge in [0.15, 0.2) is 0 Å². The molecule has 1 aliphatic rings. The zero-order chi connectivity index (χ0) is 12.0. The molecule has 2 unspecified atom stereocenters. The fourth-order valence-corrected chi connectivity index (χ4v) is 2.22. The molecule has 0 aliphatic heterocycles. The molecule has 4 heteroatoms. The van der Waals surface area contributed by atoms with E-state index in [1.165, 1.54) is 0 Å². The number of benzene rings is 1. The Hall–Kier alpha value is -1.68. The van der Waals surface area contributed by atoms with Crippen LogP contribution in [0.5, 0.6) is 0 Å². The van der Waals surface area contributed by atoms with Crippen LogP contribution >= 0.6 is 0 Å². The summed E-state index contributed by atoms with van der Waals surface area (Å²) in [5, 5.41) is 4.01. The molecule has 1 aliphatic carbocycles. The van der Waals surface area contributed by atoms with Gasteiger partial charge in [0, 0.05) is 11.6 Å². The van der Waals surface area contributed by atoms with E-state index in [4.69, 9.17) is 10.3 Å². The molecule has 0 spiro atoms. The summed E-state index contributed by atoms with van der Waals surface area (Å²) in [6.07, 6.45) is 0. The second-order valence-electron chi connectivity index (χ2n) is 5.15. The van der Waals surface area contributed by atoms with E-state index < -0.39 is 0 Å². The molecule has 2 aromatic rings. The number of hydrogen-bond acceptors (Lipinski definition) is 4. The summed E-state index contributed by atoms with van der Waals surface area (Å²) in [6, 6.07) is 9.92. The van der Waals surface area contributed by atoms with Crippen LogP contribution in [0.2, 0.25) is 0 Å². The average Bonchev–Trinajstić information content (AvgIpc) is 2.72. The first kappa shape index (κ1) is 10.5. The van der Waals surface area contributed by atoms with Crippen molar-refractivity contribution in [2.24, 2.45) is 11.1 Å². The van der Waals surface area contributed by atoms with Gasteiger partial charge in [-0.05, 0) is 5.41 Å². The Labute approximate surface area is 99.8 Å². The molecule has 0 amide bonds. The van der Waals surface area contributed by atoms with Gasteiger partial charge in [0.2, 0.25) is 11.7 Å². The molecule has 3 rings (SSSR count). The highest BCUT2D eigenvalue weighted by atomic mass is 16.5. The van der Waals surface area contributed by atoms with Crippen molar-refractivity contribution >= 4 is 0 Å². The molecule has 1 aromatic carbocycles. The standard InChI is InChI=1S/C13H15N3O/c1-13(2)9(10(13)14)12-15-11(16-17-12)8-6-4-3-5-7-8/h3-7,9-10H,14H2,1-2H3. The first-order chi connectivity index (χ1) is 8.10. The summed E-state index contributed by atoms with van der Waals surface area (Å²) in [4.78, 5) is 4.43. The fourth-order valence-electron chi connectivity index (χ4n) is 2.22. The number of nitrogens with two attached hydrogens (primary N) is 1. The van der Waals surface area contributed by atoms with Crippen LogP contribution in [0.1, 0.15) is 25.7 Å². The third kappa shape index (κ3) is 1.56. The normalized spacial score (nSPS) is 25.8. The lowest BCUT2D eigenvalue weighted by Crippen LogP contribution is -2.06. The van der Waals surface area contributed by atoms with Crippen LogP contribution < -0.4 is 5.73 Å². The van der Waals surface area contributed by atoms with Gasteiger partial charge in [0.25, 0.3) is 0 Å². The maximum absolute atomic E-state index is 6.00. The quantitative estimate of drug-likeness (QED) is 0.857. The minimum atomic E-state index is 0.0699. The van der Waals surface area contributed by atoms with E-state index in [-0.39, 0.29) is 17.4 Å². The van der Waals surface area contributed by atoms with E-state index in [1.54, 1.807) is 0 Å². The van der Waals surface area contributed by atoms with Crippen molar-refractivity contribution in [1.82, 2.24) is 10.1 Å². The van der Waals surface area contributed by atoms with E-state index in [9.17, 15) is 0 Å². The van der Waals surface area contributed by atoms with Crippen LogP contribution in [0, 0.1) is 5.41 Å². The number of rotatable bonds is 2. The van der Waals surface area contributed by atoms with Crippen molar-refractivity contribution in [3.8, 4) is 11.4 Å². The van der Waals surface area contributed by atoms with Gasteiger partial charge in [-0.1, -0.05) is 49.3 Å². The first-order valence-electron chi connectivity index (χ1n) is 5.75. The van der Waals surface area contributed by atoms with Gasteiger partial charge in [-0.2, -0.15) is 4.98 Å². The fraction of sp³-hybridized carbons (Fsp3) is 0.385. The molecule has 0 bridgehead atoms. The van der Waals surface area contributed by atoms with Crippen LogP contribution in [0.4, 0.5) is 0 Å². The van der Waals surface area contributed by atoms with Gasteiger partial charge in [0.05, 0.1) is 5.92 Å². The molecule has 2 atom stereocenters. The van der Waals surface area contributed by atoms with E-state index in [0.29, 0.717) is 11.7 Å². The van der Waals surface area contributed by atoms with E-state index in [0.717, 1.165) is 5.56 Å². The summed E-state index contributed by atoms with van der Waals surface area (Å²) in [7, 11) is 0. The highest BCUT2D eigenvalue weighted by Gasteiger charge is 2.59. The van der Waals surface area contributed by atoms with Crippen molar-refractivity contribution in [3.63, 3.8) is 0 Å². The number of nitrogens with zero attached hydrogens (tertiary/aromatic N) is 2. The molecule has 17 heavy (non-hydrogen) atoms. The van der Waals surface area contributed by atoms with E-state index in [1.807, 2.05) is 30.3 Å². The van der Waals surface area contributed by atoms with Crippen molar-refractivity contribution in [2.45, 2.75) is 25.8 Å². The summed E-state index contributed by atoms with van der Waals surface area (Å²) in [6.45, 7) is 4.24. The van der Waals surface area contributed by atoms with Crippen LogP contribution in [0.25, 0.3) is 11.4 Å². The Bertz CT molecular complexity index is 533. The van der Waals surface area contributed by atoms with Crippen molar-refractivity contribution in [3.05, 3.63) is 36.2 Å². The van der Waals surface area contributed by atoms with Gasteiger partial charge in [-0.3, -0.25) is 0 Å². The molecule has 1 fully saturated rings. The third-order valence-corrected chi connectivity index (χ3v) is 3.65. The van der Waals surface area contributed by atoms with Gasteiger partial charge in [0.1, 0.15) is 0 Å². The molecule has 1 saturated carbocycles. The minimum absolute atomic E-state index is 0.0699. The molecule has 0 radical (unpaired) electrons. The van der Waals surface area contributed by atoms with Gasteiger partial charge < -0.3 is 10.3 Å². The lowest BCUT2D eigenvalue weighted by Gasteiger charge is -1.95. The topological polar surface area (TPSA) is 64.9 Å². The molecule has 1 aromatic heterocycles. The second-order valence-corrected chi connectivity index (χ2v) is 5.15.